The molecule has 1 aromatic heterocycles. The molecule has 0 aromatic carbocycles. The maximum absolute atomic E-state index is 5.32. The van der Waals surface area contributed by atoms with Gasteiger partial charge in [0.15, 0.2) is 5.82 Å². The molecule has 2 rings (SSSR count). The number of hydrogen-bond acceptors (Lipinski definition) is 5. The van der Waals surface area contributed by atoms with E-state index >= 15 is 0 Å². The van der Waals surface area contributed by atoms with Crippen LogP contribution in [0.4, 0.5) is 0 Å². The first kappa shape index (κ1) is 11.5. The Morgan fingerprint density at radius 1 is 1.56 bits per heavy atom. The van der Waals surface area contributed by atoms with Gasteiger partial charge in [-0.15, -0.1) is 0 Å². The molecule has 0 saturated carbocycles. The zero-order chi connectivity index (χ0) is 11.4. The predicted molar refractivity (Wildman–Crippen MR) is 59.1 cm³/mol. The van der Waals surface area contributed by atoms with E-state index in [9.17, 15) is 0 Å². The molecule has 0 amide bonds. The van der Waals surface area contributed by atoms with Crippen molar-refractivity contribution in [1.29, 1.82) is 0 Å². The van der Waals surface area contributed by atoms with E-state index in [0.29, 0.717) is 19.0 Å². The van der Waals surface area contributed by atoms with E-state index in [4.69, 9.17) is 9.26 Å². The zero-order valence-electron chi connectivity index (χ0n) is 9.95. The first-order valence-corrected chi connectivity index (χ1v) is 5.86. The van der Waals surface area contributed by atoms with Crippen LogP contribution >= 0.6 is 0 Å². The van der Waals surface area contributed by atoms with Crippen molar-refractivity contribution in [2.24, 2.45) is 0 Å². The van der Waals surface area contributed by atoms with E-state index in [1.54, 1.807) is 0 Å². The van der Waals surface area contributed by atoms with Crippen molar-refractivity contribution in [3.63, 3.8) is 0 Å². The SMILES string of the molecule is CCOCc1noc(C2(C)CCCNC2)n1. The molecule has 1 aliphatic heterocycles. The Bertz CT molecular complexity index is 332. The monoisotopic (exact) mass is 225 g/mol. The fourth-order valence-corrected chi connectivity index (χ4v) is 1.99. The van der Waals surface area contributed by atoms with Gasteiger partial charge in [-0.05, 0) is 33.2 Å². The molecule has 1 aliphatic rings. The van der Waals surface area contributed by atoms with Crippen LogP contribution < -0.4 is 5.32 Å². The summed E-state index contributed by atoms with van der Waals surface area (Å²) in [5.41, 5.74) is -0.0181. The zero-order valence-corrected chi connectivity index (χ0v) is 9.95. The molecular weight excluding hydrogens is 206 g/mol. The molecular formula is C11H19N3O2. The molecule has 1 N–H and O–H groups in total. The Morgan fingerprint density at radius 2 is 2.44 bits per heavy atom. The second-order valence-corrected chi connectivity index (χ2v) is 4.49. The van der Waals surface area contributed by atoms with E-state index in [1.165, 1.54) is 0 Å². The van der Waals surface area contributed by atoms with Crippen LogP contribution in [0, 0.1) is 0 Å². The van der Waals surface area contributed by atoms with Crippen LogP contribution in [-0.2, 0) is 16.8 Å². The van der Waals surface area contributed by atoms with Gasteiger partial charge in [-0.3, -0.25) is 0 Å². The van der Waals surface area contributed by atoms with Crippen LogP contribution in [-0.4, -0.2) is 29.8 Å². The van der Waals surface area contributed by atoms with Gasteiger partial charge in [-0.2, -0.15) is 4.98 Å². The highest BCUT2D eigenvalue weighted by Crippen LogP contribution is 2.29. The summed E-state index contributed by atoms with van der Waals surface area (Å²) in [5, 5.41) is 7.30. The van der Waals surface area contributed by atoms with Crippen LogP contribution in [0.15, 0.2) is 4.52 Å². The molecule has 0 bridgehead atoms. The van der Waals surface area contributed by atoms with Gasteiger partial charge in [-0.1, -0.05) is 5.16 Å². The van der Waals surface area contributed by atoms with Gasteiger partial charge in [0.1, 0.15) is 6.61 Å². The predicted octanol–water partition coefficient (Wildman–Crippen LogP) is 1.25. The third kappa shape index (κ3) is 2.41. The van der Waals surface area contributed by atoms with E-state index in [2.05, 4.69) is 22.4 Å². The lowest BCUT2D eigenvalue weighted by Gasteiger charge is -2.30. The normalized spacial score (nSPS) is 25.9. The van der Waals surface area contributed by atoms with E-state index in [-0.39, 0.29) is 5.41 Å². The Morgan fingerprint density at radius 3 is 3.12 bits per heavy atom. The van der Waals surface area contributed by atoms with Crippen LogP contribution in [0.2, 0.25) is 0 Å². The summed E-state index contributed by atoms with van der Waals surface area (Å²) in [6.07, 6.45) is 2.25. The minimum atomic E-state index is -0.0181. The molecule has 2 heterocycles. The highest BCUT2D eigenvalue weighted by molar-refractivity contribution is 5.05. The van der Waals surface area contributed by atoms with Crippen molar-refractivity contribution in [3.8, 4) is 0 Å². The summed E-state index contributed by atoms with van der Waals surface area (Å²) in [5.74, 6) is 1.37. The Hall–Kier alpha value is -0.940. The van der Waals surface area contributed by atoms with Gasteiger partial charge in [0, 0.05) is 13.2 Å². The van der Waals surface area contributed by atoms with Gasteiger partial charge in [0.2, 0.25) is 5.89 Å². The van der Waals surface area contributed by atoms with Crippen molar-refractivity contribution < 1.29 is 9.26 Å². The standard InChI is InChI=1S/C11H19N3O2/c1-3-15-7-9-13-10(16-14-9)11(2)5-4-6-12-8-11/h12H,3-8H2,1-2H3. The Labute approximate surface area is 95.6 Å². The lowest BCUT2D eigenvalue weighted by molar-refractivity contribution is 0.126. The van der Waals surface area contributed by atoms with E-state index in [1.807, 2.05) is 6.92 Å². The fraction of sp³-hybridized carbons (Fsp3) is 0.818. The highest BCUT2D eigenvalue weighted by atomic mass is 16.5. The largest absolute Gasteiger partial charge is 0.374 e. The van der Waals surface area contributed by atoms with E-state index in [0.717, 1.165) is 31.8 Å². The van der Waals surface area contributed by atoms with Crippen LogP contribution in [0.1, 0.15) is 38.4 Å². The smallest absolute Gasteiger partial charge is 0.233 e. The molecule has 0 spiro atoms. The summed E-state index contributed by atoms with van der Waals surface area (Å²) < 4.78 is 10.6. The number of hydrogen-bond donors (Lipinski definition) is 1. The van der Waals surface area contributed by atoms with Gasteiger partial charge >= 0.3 is 0 Å². The Kier molecular flexibility index (Phi) is 3.56. The van der Waals surface area contributed by atoms with Crippen molar-refractivity contribution >= 4 is 0 Å². The van der Waals surface area contributed by atoms with Gasteiger partial charge in [-0.25, -0.2) is 0 Å². The molecule has 1 saturated heterocycles. The molecule has 16 heavy (non-hydrogen) atoms. The van der Waals surface area contributed by atoms with Crippen molar-refractivity contribution in [2.45, 2.75) is 38.7 Å². The quantitative estimate of drug-likeness (QED) is 0.835. The van der Waals surface area contributed by atoms with Crippen LogP contribution in [0.5, 0.6) is 0 Å². The van der Waals surface area contributed by atoms with Gasteiger partial charge in [0.05, 0.1) is 5.41 Å². The third-order valence-electron chi connectivity index (χ3n) is 3.02. The van der Waals surface area contributed by atoms with Gasteiger partial charge in [0.25, 0.3) is 0 Å². The summed E-state index contributed by atoms with van der Waals surface area (Å²) in [7, 11) is 0. The van der Waals surface area contributed by atoms with Crippen LogP contribution in [0.25, 0.3) is 0 Å². The maximum atomic E-state index is 5.32. The van der Waals surface area contributed by atoms with Crippen LogP contribution in [0.3, 0.4) is 0 Å². The minimum Gasteiger partial charge on any atom is -0.374 e. The second-order valence-electron chi connectivity index (χ2n) is 4.49. The minimum absolute atomic E-state index is 0.0181. The molecule has 0 aliphatic carbocycles. The Balaban J connectivity index is 2.05. The molecule has 0 radical (unpaired) electrons. The first-order valence-electron chi connectivity index (χ1n) is 5.86. The molecule has 1 aromatic rings. The highest BCUT2D eigenvalue weighted by Gasteiger charge is 2.34. The number of aromatic nitrogens is 2. The third-order valence-corrected chi connectivity index (χ3v) is 3.02. The lowest BCUT2D eigenvalue weighted by atomic mass is 9.83. The molecule has 5 heteroatoms. The average molecular weight is 225 g/mol. The number of rotatable bonds is 4. The number of piperidine rings is 1. The topological polar surface area (TPSA) is 60.2 Å². The number of ether oxygens (including phenoxy) is 1. The summed E-state index contributed by atoms with van der Waals surface area (Å²) in [6.45, 7) is 7.20. The fourth-order valence-electron chi connectivity index (χ4n) is 1.99. The number of nitrogens with zero attached hydrogens (tertiary/aromatic N) is 2. The van der Waals surface area contributed by atoms with Crippen molar-refractivity contribution in [2.75, 3.05) is 19.7 Å². The molecule has 1 unspecified atom stereocenters. The summed E-state index contributed by atoms with van der Waals surface area (Å²) >= 11 is 0. The molecule has 1 atom stereocenters. The summed E-state index contributed by atoms with van der Waals surface area (Å²) in [4.78, 5) is 4.40. The first-order chi connectivity index (χ1) is 7.74. The number of nitrogens with one attached hydrogen (secondary N) is 1. The van der Waals surface area contributed by atoms with Crippen molar-refractivity contribution in [1.82, 2.24) is 15.5 Å². The van der Waals surface area contributed by atoms with E-state index < -0.39 is 0 Å². The average Bonchev–Trinajstić information content (AvgIpc) is 2.77. The molecule has 1 fully saturated rings. The molecule has 90 valence electrons. The molecule has 5 nitrogen and oxygen atoms in total. The second kappa shape index (κ2) is 4.93. The lowest BCUT2D eigenvalue weighted by Crippen LogP contribution is -2.41. The van der Waals surface area contributed by atoms with Gasteiger partial charge < -0.3 is 14.6 Å². The maximum Gasteiger partial charge on any atom is 0.233 e. The summed E-state index contributed by atoms with van der Waals surface area (Å²) in [6, 6.07) is 0. The van der Waals surface area contributed by atoms with Crippen molar-refractivity contribution in [3.05, 3.63) is 11.7 Å².